The molecule has 0 radical (unpaired) electrons. The minimum absolute atomic E-state index is 0.0678. The molecule has 1 aromatic carbocycles. The second-order valence-electron chi connectivity index (χ2n) is 3.21. The summed E-state index contributed by atoms with van der Waals surface area (Å²) in [5.74, 6) is -0.390. The Hall–Kier alpha value is -2.08. The van der Waals surface area contributed by atoms with Crippen molar-refractivity contribution >= 4 is 23.2 Å². The molecule has 0 spiro atoms. The summed E-state index contributed by atoms with van der Waals surface area (Å²) < 4.78 is 4.95. The second-order valence-corrected chi connectivity index (χ2v) is 3.61. The van der Waals surface area contributed by atoms with Crippen LogP contribution in [0.5, 0.6) is 0 Å². The Balaban J connectivity index is 2.47. The summed E-state index contributed by atoms with van der Waals surface area (Å²) in [4.78, 5) is 15.2. The maximum Gasteiger partial charge on any atom is 0.292 e. The number of nitrogens with one attached hydrogen (secondary N) is 1. The quantitative estimate of drug-likeness (QED) is 0.787. The van der Waals surface area contributed by atoms with Gasteiger partial charge in [-0.05, 0) is 12.1 Å². The van der Waals surface area contributed by atoms with E-state index in [0.29, 0.717) is 16.3 Å². The number of amides is 1. The summed E-state index contributed by atoms with van der Waals surface area (Å²) in [5.41, 5.74) is 6.59. The van der Waals surface area contributed by atoms with E-state index < -0.39 is 5.91 Å². The fraction of sp³-hybridized carbons (Fsp3) is 0.100. The van der Waals surface area contributed by atoms with Crippen molar-refractivity contribution in [2.75, 3.05) is 12.8 Å². The molecule has 88 valence electrons. The number of hydrogen-bond acceptors (Lipinski definition) is 5. The Morgan fingerprint density at radius 2 is 2.29 bits per heavy atom. The molecular weight excluding hydrogens is 244 g/mol. The van der Waals surface area contributed by atoms with E-state index in [0.717, 1.165) is 0 Å². The number of benzene rings is 1. The molecule has 2 rings (SSSR count). The zero-order valence-electron chi connectivity index (χ0n) is 8.90. The van der Waals surface area contributed by atoms with E-state index in [2.05, 4.69) is 15.5 Å². The number of nitrogens with two attached hydrogens (primary N) is 1. The van der Waals surface area contributed by atoms with Crippen LogP contribution in [-0.2, 0) is 0 Å². The van der Waals surface area contributed by atoms with Gasteiger partial charge >= 0.3 is 0 Å². The van der Waals surface area contributed by atoms with Gasteiger partial charge in [-0.15, -0.1) is 0 Å². The van der Waals surface area contributed by atoms with E-state index >= 15 is 0 Å². The molecule has 2 aromatic rings. The molecule has 0 aliphatic rings. The number of carbonyl (C=O) groups excluding carboxylic acids is 1. The number of halogens is 1. The van der Waals surface area contributed by atoms with E-state index in [9.17, 15) is 4.79 Å². The van der Waals surface area contributed by atoms with E-state index in [1.165, 1.54) is 7.05 Å². The van der Waals surface area contributed by atoms with Gasteiger partial charge in [0.25, 0.3) is 17.6 Å². The minimum Gasteiger partial charge on any atom is -0.398 e. The van der Waals surface area contributed by atoms with Crippen LogP contribution in [0, 0.1) is 0 Å². The average Bonchev–Trinajstić information content (AvgIpc) is 2.77. The molecule has 0 saturated carbocycles. The summed E-state index contributed by atoms with van der Waals surface area (Å²) in [5, 5.41) is 6.31. The number of carbonyl (C=O) groups is 1. The van der Waals surface area contributed by atoms with Gasteiger partial charge in [-0.25, -0.2) is 0 Å². The van der Waals surface area contributed by atoms with Crippen LogP contribution in [0.4, 0.5) is 5.69 Å². The second kappa shape index (κ2) is 4.42. The largest absolute Gasteiger partial charge is 0.398 e. The van der Waals surface area contributed by atoms with Gasteiger partial charge < -0.3 is 15.6 Å². The predicted octanol–water partition coefficient (Wildman–Crippen LogP) is 1.33. The first-order chi connectivity index (χ1) is 8.13. The smallest absolute Gasteiger partial charge is 0.292 e. The Bertz CT molecular complexity index is 547. The first kappa shape index (κ1) is 11.4. The van der Waals surface area contributed by atoms with E-state index in [4.69, 9.17) is 21.9 Å². The first-order valence-corrected chi connectivity index (χ1v) is 5.11. The van der Waals surface area contributed by atoms with Crippen molar-refractivity contribution in [3.63, 3.8) is 0 Å². The summed E-state index contributed by atoms with van der Waals surface area (Å²) in [6.07, 6.45) is 0. The molecule has 0 atom stereocenters. The Labute approximate surface area is 102 Å². The zero-order valence-corrected chi connectivity index (χ0v) is 9.65. The van der Waals surface area contributed by atoms with Crippen molar-refractivity contribution in [2.24, 2.45) is 0 Å². The Kier molecular flexibility index (Phi) is 2.97. The van der Waals surface area contributed by atoms with Crippen molar-refractivity contribution < 1.29 is 9.32 Å². The minimum atomic E-state index is -0.439. The summed E-state index contributed by atoms with van der Waals surface area (Å²) in [6, 6.07) is 5.01. The summed E-state index contributed by atoms with van der Waals surface area (Å²) in [7, 11) is 1.47. The van der Waals surface area contributed by atoms with Gasteiger partial charge in [-0.2, -0.15) is 4.98 Å². The lowest BCUT2D eigenvalue weighted by molar-refractivity contribution is 0.0950. The van der Waals surface area contributed by atoms with Gasteiger partial charge in [0, 0.05) is 12.7 Å². The molecule has 6 nitrogen and oxygen atoms in total. The van der Waals surface area contributed by atoms with Crippen molar-refractivity contribution in [3.8, 4) is 11.5 Å². The van der Waals surface area contributed by atoms with Crippen LogP contribution in [0.3, 0.4) is 0 Å². The summed E-state index contributed by atoms with van der Waals surface area (Å²) in [6.45, 7) is 0. The van der Waals surface area contributed by atoms with E-state index in [-0.39, 0.29) is 11.7 Å². The molecule has 3 N–H and O–H groups in total. The van der Waals surface area contributed by atoms with E-state index in [1.54, 1.807) is 18.2 Å². The standard InChI is InChI=1S/C10H9ClN4O2/c1-13-9(16)8-14-10(17-15-8)7-5(11)3-2-4-6(7)12/h2-4H,12H2,1H3,(H,13,16). The zero-order chi connectivity index (χ0) is 12.4. The van der Waals surface area contributed by atoms with Crippen LogP contribution >= 0.6 is 11.6 Å². The Morgan fingerprint density at radius 3 is 2.94 bits per heavy atom. The van der Waals surface area contributed by atoms with Gasteiger partial charge in [0.1, 0.15) is 0 Å². The van der Waals surface area contributed by atoms with Crippen LogP contribution in [0.15, 0.2) is 22.7 Å². The maximum absolute atomic E-state index is 11.3. The summed E-state index contributed by atoms with van der Waals surface area (Å²) >= 11 is 5.98. The SMILES string of the molecule is CNC(=O)c1noc(-c2c(N)cccc2Cl)n1. The van der Waals surface area contributed by atoms with Crippen LogP contribution < -0.4 is 11.1 Å². The molecule has 0 unspecified atom stereocenters. The lowest BCUT2D eigenvalue weighted by Crippen LogP contribution is -2.19. The number of nitrogen functional groups attached to an aromatic ring is 1. The molecule has 1 amide bonds. The lowest BCUT2D eigenvalue weighted by Gasteiger charge is -2.01. The number of nitrogens with zero attached hydrogens (tertiary/aromatic N) is 2. The highest BCUT2D eigenvalue weighted by molar-refractivity contribution is 6.33. The normalized spacial score (nSPS) is 10.2. The van der Waals surface area contributed by atoms with Crippen molar-refractivity contribution in [1.29, 1.82) is 0 Å². The first-order valence-electron chi connectivity index (χ1n) is 4.73. The van der Waals surface area contributed by atoms with Crippen LogP contribution in [0.25, 0.3) is 11.5 Å². The topological polar surface area (TPSA) is 94.0 Å². The highest BCUT2D eigenvalue weighted by atomic mass is 35.5. The third-order valence-electron chi connectivity index (χ3n) is 2.12. The molecule has 7 heteroatoms. The van der Waals surface area contributed by atoms with Crippen molar-refractivity contribution in [1.82, 2.24) is 15.5 Å². The Morgan fingerprint density at radius 1 is 1.53 bits per heavy atom. The van der Waals surface area contributed by atoms with Crippen LogP contribution in [0.1, 0.15) is 10.6 Å². The molecule has 0 saturated heterocycles. The third kappa shape index (κ3) is 2.07. The molecular formula is C10H9ClN4O2. The molecule has 1 aromatic heterocycles. The number of hydrogen-bond donors (Lipinski definition) is 2. The van der Waals surface area contributed by atoms with Crippen LogP contribution in [-0.4, -0.2) is 23.1 Å². The highest BCUT2D eigenvalue weighted by Crippen LogP contribution is 2.31. The molecule has 0 aliphatic heterocycles. The van der Waals surface area contributed by atoms with Gasteiger partial charge in [-0.3, -0.25) is 4.79 Å². The molecule has 0 aliphatic carbocycles. The average molecular weight is 253 g/mol. The fourth-order valence-electron chi connectivity index (χ4n) is 1.30. The lowest BCUT2D eigenvalue weighted by atomic mass is 10.2. The maximum atomic E-state index is 11.3. The predicted molar refractivity (Wildman–Crippen MR) is 62.5 cm³/mol. The molecule has 0 fully saturated rings. The van der Waals surface area contributed by atoms with Crippen molar-refractivity contribution in [3.05, 3.63) is 29.0 Å². The highest BCUT2D eigenvalue weighted by Gasteiger charge is 2.18. The van der Waals surface area contributed by atoms with E-state index in [1.807, 2.05) is 0 Å². The molecule has 0 bridgehead atoms. The fourth-order valence-corrected chi connectivity index (χ4v) is 1.56. The molecule has 1 heterocycles. The number of aromatic nitrogens is 2. The van der Waals surface area contributed by atoms with Gasteiger partial charge in [0.15, 0.2) is 0 Å². The third-order valence-corrected chi connectivity index (χ3v) is 2.43. The van der Waals surface area contributed by atoms with Crippen molar-refractivity contribution in [2.45, 2.75) is 0 Å². The van der Waals surface area contributed by atoms with Gasteiger partial charge in [0.2, 0.25) is 0 Å². The molecule has 17 heavy (non-hydrogen) atoms. The monoisotopic (exact) mass is 252 g/mol. The number of anilines is 1. The van der Waals surface area contributed by atoms with Crippen LogP contribution in [0.2, 0.25) is 5.02 Å². The van der Waals surface area contributed by atoms with Gasteiger partial charge in [-0.1, -0.05) is 22.8 Å². The number of rotatable bonds is 2. The van der Waals surface area contributed by atoms with Gasteiger partial charge in [0.05, 0.1) is 10.6 Å².